The standard InChI is InChI=1S/C29H30N6/c1-20-9-10-22-19-31-27(21-7-4-3-5-8-21)33-28(22)35(26(20)25-15-18-32-34(25)2)24-13-11-23(12-14-24)29(30)16-6-17-29/h3-5,7-8,11-15,18-19H,6,9-10,16-17,30H2,1-2H3. The third kappa shape index (κ3) is 3.74. The summed E-state index contributed by atoms with van der Waals surface area (Å²) < 4.78 is 1.94. The van der Waals surface area contributed by atoms with E-state index in [2.05, 4.69) is 59.4 Å². The Morgan fingerprint density at radius 3 is 2.37 bits per heavy atom. The van der Waals surface area contributed by atoms with Gasteiger partial charge in [-0.1, -0.05) is 42.5 Å². The molecule has 1 aliphatic carbocycles. The number of aryl methyl sites for hydroxylation is 2. The molecule has 0 unspecified atom stereocenters. The minimum atomic E-state index is -0.186. The second-order valence-corrected chi connectivity index (χ2v) is 9.77. The zero-order valence-electron chi connectivity index (χ0n) is 20.3. The Balaban J connectivity index is 1.54. The molecule has 0 saturated heterocycles. The van der Waals surface area contributed by atoms with Crippen LogP contribution in [0.25, 0.3) is 17.1 Å². The van der Waals surface area contributed by atoms with E-state index in [0.717, 1.165) is 65.5 Å². The van der Waals surface area contributed by atoms with Crippen LogP contribution in [-0.2, 0) is 19.0 Å². The SMILES string of the molecule is CC1=C(c2ccnn2C)N(c2ccc(C3(N)CCC3)cc2)c2nc(-c3ccccc3)ncc2CC1. The van der Waals surface area contributed by atoms with Crippen LogP contribution in [0.15, 0.2) is 78.6 Å². The highest BCUT2D eigenvalue weighted by Gasteiger charge is 2.34. The maximum atomic E-state index is 6.63. The fraction of sp³-hybridized carbons (Fsp3) is 0.276. The highest BCUT2D eigenvalue weighted by Crippen LogP contribution is 2.43. The van der Waals surface area contributed by atoms with Crippen LogP contribution < -0.4 is 10.6 Å². The van der Waals surface area contributed by atoms with E-state index in [9.17, 15) is 0 Å². The van der Waals surface area contributed by atoms with E-state index in [0.29, 0.717) is 0 Å². The maximum Gasteiger partial charge on any atom is 0.161 e. The van der Waals surface area contributed by atoms with Crippen LogP contribution in [0.3, 0.4) is 0 Å². The van der Waals surface area contributed by atoms with Gasteiger partial charge in [0.25, 0.3) is 0 Å². The Hall–Kier alpha value is -3.77. The first kappa shape index (κ1) is 21.7. The van der Waals surface area contributed by atoms with Crippen molar-refractivity contribution < 1.29 is 0 Å². The smallest absolute Gasteiger partial charge is 0.161 e. The van der Waals surface area contributed by atoms with Crippen LogP contribution in [0.5, 0.6) is 0 Å². The van der Waals surface area contributed by atoms with E-state index in [-0.39, 0.29) is 5.54 Å². The van der Waals surface area contributed by atoms with E-state index >= 15 is 0 Å². The predicted molar refractivity (Wildman–Crippen MR) is 140 cm³/mol. The van der Waals surface area contributed by atoms with Gasteiger partial charge in [-0.05, 0) is 68.4 Å². The largest absolute Gasteiger partial charge is 0.321 e. The predicted octanol–water partition coefficient (Wildman–Crippen LogP) is 5.73. The summed E-state index contributed by atoms with van der Waals surface area (Å²) >= 11 is 0. The van der Waals surface area contributed by atoms with Crippen molar-refractivity contribution in [2.75, 3.05) is 4.90 Å². The molecule has 4 aromatic rings. The molecule has 1 aliphatic heterocycles. The van der Waals surface area contributed by atoms with Crippen LogP contribution in [0.1, 0.15) is 49.4 Å². The molecule has 6 heteroatoms. The van der Waals surface area contributed by atoms with Crippen molar-refractivity contribution in [3.63, 3.8) is 0 Å². The molecule has 0 atom stereocenters. The van der Waals surface area contributed by atoms with E-state index < -0.39 is 0 Å². The fourth-order valence-corrected chi connectivity index (χ4v) is 5.21. The first-order valence-electron chi connectivity index (χ1n) is 12.3. The van der Waals surface area contributed by atoms with Gasteiger partial charge in [-0.3, -0.25) is 9.58 Å². The van der Waals surface area contributed by atoms with Crippen molar-refractivity contribution in [2.45, 2.75) is 44.6 Å². The summed E-state index contributed by atoms with van der Waals surface area (Å²) in [4.78, 5) is 12.2. The molecule has 1 saturated carbocycles. The molecule has 6 rings (SSSR count). The van der Waals surface area contributed by atoms with Gasteiger partial charge >= 0.3 is 0 Å². The number of nitrogens with two attached hydrogens (primary N) is 1. The van der Waals surface area contributed by atoms with Crippen LogP contribution in [0, 0.1) is 0 Å². The van der Waals surface area contributed by atoms with Crippen molar-refractivity contribution in [1.29, 1.82) is 0 Å². The van der Waals surface area contributed by atoms with Gasteiger partial charge in [0, 0.05) is 41.8 Å². The van der Waals surface area contributed by atoms with Crippen molar-refractivity contribution in [1.82, 2.24) is 19.7 Å². The first-order chi connectivity index (χ1) is 17.0. The van der Waals surface area contributed by atoms with E-state index in [1.165, 1.54) is 17.6 Å². The molecule has 0 bridgehead atoms. The lowest BCUT2D eigenvalue weighted by Crippen LogP contribution is -2.43. The number of anilines is 2. The van der Waals surface area contributed by atoms with Gasteiger partial charge in [-0.2, -0.15) is 5.10 Å². The third-order valence-electron chi connectivity index (χ3n) is 7.49. The topological polar surface area (TPSA) is 72.9 Å². The lowest BCUT2D eigenvalue weighted by atomic mass is 9.73. The average Bonchev–Trinajstić information content (AvgIpc) is 3.24. The number of rotatable bonds is 4. The molecule has 2 N–H and O–H groups in total. The molecule has 0 spiro atoms. The zero-order valence-corrected chi connectivity index (χ0v) is 20.3. The normalized spacial score (nSPS) is 17.1. The zero-order chi connectivity index (χ0) is 24.0. The van der Waals surface area contributed by atoms with Crippen molar-refractivity contribution in [2.24, 2.45) is 12.8 Å². The number of allylic oxidation sites excluding steroid dienone is 1. The molecule has 176 valence electrons. The van der Waals surface area contributed by atoms with Crippen molar-refractivity contribution in [3.05, 3.63) is 95.5 Å². The number of aromatic nitrogens is 4. The lowest BCUT2D eigenvalue weighted by molar-refractivity contribution is 0.253. The van der Waals surface area contributed by atoms with Gasteiger partial charge in [0.15, 0.2) is 5.82 Å². The molecule has 1 fully saturated rings. The van der Waals surface area contributed by atoms with Gasteiger partial charge in [0.1, 0.15) is 5.82 Å². The number of fused-ring (bicyclic) bond motifs is 1. The van der Waals surface area contributed by atoms with Crippen molar-refractivity contribution in [3.8, 4) is 11.4 Å². The Labute approximate surface area is 206 Å². The maximum absolute atomic E-state index is 6.63. The molecular formula is C29H30N6. The van der Waals surface area contributed by atoms with Gasteiger partial charge in [0.2, 0.25) is 0 Å². The summed E-state index contributed by atoms with van der Waals surface area (Å²) in [7, 11) is 1.99. The number of nitrogens with zero attached hydrogens (tertiary/aromatic N) is 5. The third-order valence-corrected chi connectivity index (χ3v) is 7.49. The summed E-state index contributed by atoms with van der Waals surface area (Å²) in [6.45, 7) is 2.21. The van der Waals surface area contributed by atoms with Crippen LogP contribution in [0.4, 0.5) is 11.5 Å². The van der Waals surface area contributed by atoms with Gasteiger partial charge < -0.3 is 5.73 Å². The first-order valence-corrected chi connectivity index (χ1v) is 12.3. The number of benzene rings is 2. The molecule has 2 aromatic carbocycles. The summed E-state index contributed by atoms with van der Waals surface area (Å²) in [5.41, 5.74) is 14.3. The number of hydrogen-bond acceptors (Lipinski definition) is 5. The number of hydrogen-bond donors (Lipinski definition) is 1. The molecule has 3 heterocycles. The Bertz CT molecular complexity index is 1400. The Morgan fingerprint density at radius 1 is 0.943 bits per heavy atom. The molecule has 6 nitrogen and oxygen atoms in total. The second kappa shape index (κ2) is 8.47. The molecule has 35 heavy (non-hydrogen) atoms. The van der Waals surface area contributed by atoms with Crippen LogP contribution in [-0.4, -0.2) is 19.7 Å². The summed E-state index contributed by atoms with van der Waals surface area (Å²) in [6, 6.07) is 21.0. The molecule has 2 aromatic heterocycles. The average molecular weight is 463 g/mol. The molecular weight excluding hydrogens is 432 g/mol. The minimum absolute atomic E-state index is 0.186. The van der Waals surface area contributed by atoms with Crippen LogP contribution in [0.2, 0.25) is 0 Å². The minimum Gasteiger partial charge on any atom is -0.321 e. The summed E-state index contributed by atoms with van der Waals surface area (Å²) in [5, 5.41) is 4.48. The van der Waals surface area contributed by atoms with E-state index in [4.69, 9.17) is 15.7 Å². The highest BCUT2D eigenvalue weighted by molar-refractivity contribution is 5.89. The van der Waals surface area contributed by atoms with Crippen LogP contribution >= 0.6 is 0 Å². The second-order valence-electron chi connectivity index (χ2n) is 9.77. The molecule has 0 amide bonds. The Kier molecular flexibility index (Phi) is 5.26. The molecule has 2 aliphatic rings. The quantitative estimate of drug-likeness (QED) is 0.419. The Morgan fingerprint density at radius 2 is 1.71 bits per heavy atom. The van der Waals surface area contributed by atoms with E-state index in [1.807, 2.05) is 42.3 Å². The fourth-order valence-electron chi connectivity index (χ4n) is 5.21. The van der Waals surface area contributed by atoms with Gasteiger partial charge in [0.05, 0.1) is 11.4 Å². The monoisotopic (exact) mass is 462 g/mol. The highest BCUT2D eigenvalue weighted by atomic mass is 15.3. The summed E-state index contributed by atoms with van der Waals surface area (Å²) in [5.74, 6) is 1.65. The lowest BCUT2D eigenvalue weighted by Gasteiger charge is -2.39. The van der Waals surface area contributed by atoms with Crippen molar-refractivity contribution >= 4 is 17.2 Å². The van der Waals surface area contributed by atoms with Gasteiger partial charge in [-0.25, -0.2) is 9.97 Å². The van der Waals surface area contributed by atoms with Gasteiger partial charge in [-0.15, -0.1) is 0 Å². The molecule has 0 radical (unpaired) electrons. The van der Waals surface area contributed by atoms with E-state index in [1.54, 1.807) is 0 Å². The summed E-state index contributed by atoms with van der Waals surface area (Å²) in [6.07, 6.45) is 8.96.